The van der Waals surface area contributed by atoms with Crippen LogP contribution in [-0.4, -0.2) is 18.3 Å². The van der Waals surface area contributed by atoms with Crippen LogP contribution in [0.4, 0.5) is 8.78 Å². The summed E-state index contributed by atoms with van der Waals surface area (Å²) in [7, 11) is 0. The molecular formula is C12H15F2NO. The Kier molecular flexibility index (Phi) is 3.21. The van der Waals surface area contributed by atoms with Gasteiger partial charge in [0.05, 0.1) is 0 Å². The van der Waals surface area contributed by atoms with Crippen molar-refractivity contribution in [3.8, 4) is 0 Å². The molecule has 2 N–H and O–H groups in total. The van der Waals surface area contributed by atoms with Gasteiger partial charge in [0.15, 0.2) is 0 Å². The van der Waals surface area contributed by atoms with Gasteiger partial charge in [-0.2, -0.15) is 0 Å². The first kappa shape index (κ1) is 11.5. The molecule has 1 aliphatic rings. The standard InChI is InChI=1S/C12H15F2NO/c13-10-1-2-11(14)9(5-10)6-15-7-12(8-16)3-4-12/h1-2,5,15-16H,3-4,6-8H2. The van der Waals surface area contributed by atoms with Crippen LogP contribution in [-0.2, 0) is 6.54 Å². The molecule has 1 aliphatic carbocycles. The number of benzene rings is 1. The van der Waals surface area contributed by atoms with Gasteiger partial charge in [0.2, 0.25) is 0 Å². The van der Waals surface area contributed by atoms with Gasteiger partial charge in [0.1, 0.15) is 11.6 Å². The first-order chi connectivity index (χ1) is 7.65. The number of halogens is 2. The molecule has 0 saturated heterocycles. The molecule has 0 radical (unpaired) electrons. The molecule has 0 bridgehead atoms. The van der Waals surface area contributed by atoms with E-state index in [2.05, 4.69) is 5.32 Å². The van der Waals surface area contributed by atoms with Gasteiger partial charge >= 0.3 is 0 Å². The summed E-state index contributed by atoms with van der Waals surface area (Å²) in [5.41, 5.74) is 0.317. The molecule has 4 heteroatoms. The minimum Gasteiger partial charge on any atom is -0.396 e. The molecule has 1 aromatic rings. The second-order valence-corrected chi connectivity index (χ2v) is 4.50. The maximum absolute atomic E-state index is 13.2. The van der Waals surface area contributed by atoms with E-state index in [0.29, 0.717) is 18.7 Å². The van der Waals surface area contributed by atoms with Crippen molar-refractivity contribution in [2.75, 3.05) is 13.2 Å². The molecule has 0 unspecified atom stereocenters. The summed E-state index contributed by atoms with van der Waals surface area (Å²) in [5.74, 6) is -0.829. The van der Waals surface area contributed by atoms with Gasteiger partial charge in [-0.25, -0.2) is 8.78 Å². The molecule has 0 heterocycles. The third-order valence-corrected chi connectivity index (χ3v) is 3.12. The van der Waals surface area contributed by atoms with E-state index in [1.165, 1.54) is 6.07 Å². The van der Waals surface area contributed by atoms with Crippen LogP contribution in [0.5, 0.6) is 0 Å². The highest BCUT2D eigenvalue weighted by molar-refractivity contribution is 5.18. The monoisotopic (exact) mass is 227 g/mol. The number of hydrogen-bond donors (Lipinski definition) is 2. The van der Waals surface area contributed by atoms with Crippen molar-refractivity contribution in [3.63, 3.8) is 0 Å². The molecular weight excluding hydrogens is 212 g/mol. The highest BCUT2D eigenvalue weighted by Gasteiger charge is 2.41. The fourth-order valence-corrected chi connectivity index (χ4v) is 1.71. The third kappa shape index (κ3) is 2.57. The van der Waals surface area contributed by atoms with E-state index in [9.17, 15) is 8.78 Å². The molecule has 88 valence electrons. The predicted octanol–water partition coefficient (Wildman–Crippen LogP) is 1.83. The minimum absolute atomic E-state index is 0.0101. The van der Waals surface area contributed by atoms with Gasteiger partial charge in [-0.15, -0.1) is 0 Å². The summed E-state index contributed by atoms with van der Waals surface area (Å²) in [6.07, 6.45) is 2.00. The minimum atomic E-state index is -0.429. The Bertz CT molecular complexity index is 377. The van der Waals surface area contributed by atoms with Crippen LogP contribution in [0.15, 0.2) is 18.2 Å². The van der Waals surface area contributed by atoms with E-state index < -0.39 is 11.6 Å². The van der Waals surface area contributed by atoms with Crippen molar-refractivity contribution in [3.05, 3.63) is 35.4 Å². The molecule has 2 rings (SSSR count). The lowest BCUT2D eigenvalue weighted by molar-refractivity contribution is 0.207. The van der Waals surface area contributed by atoms with Gasteiger partial charge in [0, 0.05) is 30.7 Å². The SMILES string of the molecule is OCC1(CNCc2cc(F)ccc2F)CC1. The highest BCUT2D eigenvalue weighted by atomic mass is 19.1. The second-order valence-electron chi connectivity index (χ2n) is 4.50. The van der Waals surface area contributed by atoms with Crippen molar-refractivity contribution in [2.45, 2.75) is 19.4 Å². The largest absolute Gasteiger partial charge is 0.396 e. The highest BCUT2D eigenvalue weighted by Crippen LogP contribution is 2.44. The third-order valence-electron chi connectivity index (χ3n) is 3.12. The lowest BCUT2D eigenvalue weighted by Gasteiger charge is -2.12. The van der Waals surface area contributed by atoms with Gasteiger partial charge in [-0.05, 0) is 31.0 Å². The van der Waals surface area contributed by atoms with E-state index in [1.807, 2.05) is 0 Å². The number of aliphatic hydroxyl groups excluding tert-OH is 1. The van der Waals surface area contributed by atoms with Crippen molar-refractivity contribution >= 4 is 0 Å². The fourth-order valence-electron chi connectivity index (χ4n) is 1.71. The van der Waals surface area contributed by atoms with Gasteiger partial charge in [-0.1, -0.05) is 0 Å². The van der Waals surface area contributed by atoms with E-state index in [0.717, 1.165) is 25.0 Å². The molecule has 2 nitrogen and oxygen atoms in total. The Morgan fingerprint density at radius 2 is 2.06 bits per heavy atom. The van der Waals surface area contributed by atoms with Crippen LogP contribution in [0.1, 0.15) is 18.4 Å². The summed E-state index contributed by atoms with van der Waals surface area (Å²) in [6.45, 7) is 1.11. The summed E-state index contributed by atoms with van der Waals surface area (Å²) < 4.78 is 26.1. The molecule has 0 aromatic heterocycles. The maximum Gasteiger partial charge on any atom is 0.127 e. The van der Waals surface area contributed by atoms with E-state index in [-0.39, 0.29) is 12.0 Å². The van der Waals surface area contributed by atoms with Crippen molar-refractivity contribution in [1.29, 1.82) is 0 Å². The van der Waals surface area contributed by atoms with Crippen LogP contribution in [0.3, 0.4) is 0 Å². The van der Waals surface area contributed by atoms with E-state index >= 15 is 0 Å². The summed E-state index contributed by atoms with van der Waals surface area (Å²) in [4.78, 5) is 0. The molecule has 1 saturated carbocycles. The lowest BCUT2D eigenvalue weighted by atomic mass is 10.1. The quantitative estimate of drug-likeness (QED) is 0.804. The zero-order chi connectivity index (χ0) is 11.6. The van der Waals surface area contributed by atoms with Crippen LogP contribution in [0.25, 0.3) is 0 Å². The number of rotatable bonds is 5. The van der Waals surface area contributed by atoms with Gasteiger partial charge in [0.25, 0.3) is 0 Å². The van der Waals surface area contributed by atoms with Gasteiger partial charge < -0.3 is 10.4 Å². The number of hydrogen-bond acceptors (Lipinski definition) is 2. The molecule has 1 fully saturated rings. The summed E-state index contributed by atoms with van der Waals surface area (Å²) in [5, 5.41) is 12.1. The lowest BCUT2D eigenvalue weighted by Crippen LogP contribution is -2.26. The first-order valence-corrected chi connectivity index (χ1v) is 5.41. The van der Waals surface area contributed by atoms with Crippen LogP contribution < -0.4 is 5.32 Å². The number of nitrogens with one attached hydrogen (secondary N) is 1. The second kappa shape index (κ2) is 4.47. The Labute approximate surface area is 93.3 Å². The molecule has 0 spiro atoms. The Balaban J connectivity index is 1.87. The maximum atomic E-state index is 13.2. The van der Waals surface area contributed by atoms with E-state index in [4.69, 9.17) is 5.11 Å². The summed E-state index contributed by atoms with van der Waals surface area (Å²) in [6, 6.07) is 3.43. The average Bonchev–Trinajstić information content (AvgIpc) is 3.04. The first-order valence-electron chi connectivity index (χ1n) is 5.41. The van der Waals surface area contributed by atoms with Crippen LogP contribution in [0.2, 0.25) is 0 Å². The van der Waals surface area contributed by atoms with Gasteiger partial charge in [-0.3, -0.25) is 0 Å². The number of aliphatic hydroxyl groups is 1. The van der Waals surface area contributed by atoms with Crippen LogP contribution >= 0.6 is 0 Å². The normalized spacial score (nSPS) is 17.4. The fraction of sp³-hybridized carbons (Fsp3) is 0.500. The van der Waals surface area contributed by atoms with Crippen molar-refractivity contribution in [2.24, 2.45) is 5.41 Å². The van der Waals surface area contributed by atoms with Crippen molar-refractivity contribution < 1.29 is 13.9 Å². The molecule has 0 aliphatic heterocycles. The molecule has 0 atom stereocenters. The topological polar surface area (TPSA) is 32.3 Å². The molecule has 0 amide bonds. The predicted molar refractivity (Wildman–Crippen MR) is 56.8 cm³/mol. The Morgan fingerprint density at radius 3 is 2.69 bits per heavy atom. The average molecular weight is 227 g/mol. The smallest absolute Gasteiger partial charge is 0.127 e. The Hall–Kier alpha value is -1.00. The zero-order valence-corrected chi connectivity index (χ0v) is 8.97. The summed E-state index contributed by atoms with van der Waals surface area (Å²) >= 11 is 0. The van der Waals surface area contributed by atoms with E-state index in [1.54, 1.807) is 0 Å². The zero-order valence-electron chi connectivity index (χ0n) is 8.97. The van der Waals surface area contributed by atoms with Crippen molar-refractivity contribution in [1.82, 2.24) is 5.32 Å². The Morgan fingerprint density at radius 1 is 1.31 bits per heavy atom. The molecule has 16 heavy (non-hydrogen) atoms. The van der Waals surface area contributed by atoms with Crippen LogP contribution in [0, 0.1) is 17.0 Å². The molecule has 1 aromatic carbocycles.